The molecular formula is C13H25N3O. The minimum Gasteiger partial charge on any atom is -0.374 e. The average Bonchev–Trinajstić information content (AvgIpc) is 2.67. The second kappa shape index (κ2) is 6.17. The fraction of sp³-hybridized carbons (Fsp3) is 0.769. The van der Waals surface area contributed by atoms with Crippen molar-refractivity contribution in [3.63, 3.8) is 0 Å². The Morgan fingerprint density at radius 1 is 1.47 bits per heavy atom. The number of nitrogens with one attached hydrogen (secondary N) is 1. The van der Waals surface area contributed by atoms with Gasteiger partial charge in [0.15, 0.2) is 0 Å². The highest BCUT2D eigenvalue weighted by Gasteiger charge is 2.32. The molecule has 1 aromatic heterocycles. The Balaban J connectivity index is 2.96. The van der Waals surface area contributed by atoms with E-state index in [2.05, 4.69) is 41.9 Å². The number of aromatic nitrogens is 2. The SMILES string of the molecule is CCCn1nccc1C(NC)C(C)(C)OCC. The first kappa shape index (κ1) is 14.2. The average molecular weight is 239 g/mol. The van der Waals surface area contributed by atoms with Gasteiger partial charge in [-0.1, -0.05) is 6.92 Å². The lowest BCUT2D eigenvalue weighted by atomic mass is 9.95. The second-order valence-electron chi connectivity index (χ2n) is 4.74. The second-order valence-corrected chi connectivity index (χ2v) is 4.74. The largest absolute Gasteiger partial charge is 0.374 e. The minimum absolute atomic E-state index is 0.150. The van der Waals surface area contributed by atoms with Crippen LogP contribution in [0.15, 0.2) is 12.3 Å². The lowest BCUT2D eigenvalue weighted by Crippen LogP contribution is -2.41. The van der Waals surface area contributed by atoms with Crippen LogP contribution in [0.2, 0.25) is 0 Å². The van der Waals surface area contributed by atoms with Gasteiger partial charge in [-0.3, -0.25) is 4.68 Å². The molecule has 4 heteroatoms. The van der Waals surface area contributed by atoms with Crippen molar-refractivity contribution in [1.82, 2.24) is 15.1 Å². The number of ether oxygens (including phenoxy) is 1. The standard InChI is InChI=1S/C13H25N3O/c1-6-10-16-11(8-9-15-16)12(14-5)13(3,4)17-7-2/h8-9,12,14H,6-7,10H2,1-5H3. The molecule has 0 saturated carbocycles. The summed E-state index contributed by atoms with van der Waals surface area (Å²) in [5.41, 5.74) is 0.947. The van der Waals surface area contributed by atoms with Crippen LogP contribution >= 0.6 is 0 Å². The molecule has 1 rings (SSSR count). The van der Waals surface area contributed by atoms with E-state index in [9.17, 15) is 0 Å². The van der Waals surface area contributed by atoms with Crippen LogP contribution in [0.1, 0.15) is 45.9 Å². The molecule has 0 spiro atoms. The molecule has 0 bridgehead atoms. The first-order valence-electron chi connectivity index (χ1n) is 6.39. The first-order chi connectivity index (χ1) is 8.06. The molecule has 1 N–H and O–H groups in total. The predicted molar refractivity (Wildman–Crippen MR) is 70.0 cm³/mol. The molecule has 1 aromatic rings. The Kier molecular flexibility index (Phi) is 5.15. The Morgan fingerprint density at radius 2 is 2.18 bits per heavy atom. The highest BCUT2D eigenvalue weighted by Crippen LogP contribution is 2.28. The third kappa shape index (κ3) is 3.30. The maximum absolute atomic E-state index is 5.84. The Bertz CT molecular complexity index is 333. The maximum atomic E-state index is 5.84. The lowest BCUT2D eigenvalue weighted by molar-refractivity contribution is -0.0394. The minimum atomic E-state index is -0.241. The van der Waals surface area contributed by atoms with Crippen molar-refractivity contribution in [2.45, 2.75) is 52.3 Å². The van der Waals surface area contributed by atoms with Crippen LogP contribution < -0.4 is 5.32 Å². The molecule has 0 radical (unpaired) electrons. The molecule has 0 aliphatic rings. The van der Waals surface area contributed by atoms with E-state index < -0.39 is 0 Å². The van der Waals surface area contributed by atoms with Crippen molar-refractivity contribution in [3.05, 3.63) is 18.0 Å². The van der Waals surface area contributed by atoms with Crippen LogP contribution in [0.3, 0.4) is 0 Å². The number of hydrogen-bond donors (Lipinski definition) is 1. The summed E-state index contributed by atoms with van der Waals surface area (Å²) < 4.78 is 7.89. The number of rotatable bonds is 7. The van der Waals surface area contributed by atoms with E-state index in [-0.39, 0.29) is 11.6 Å². The summed E-state index contributed by atoms with van der Waals surface area (Å²) in [7, 11) is 1.97. The van der Waals surface area contributed by atoms with Gasteiger partial charge in [0, 0.05) is 19.3 Å². The Morgan fingerprint density at radius 3 is 2.71 bits per heavy atom. The molecule has 1 atom stereocenters. The molecule has 1 heterocycles. The zero-order valence-corrected chi connectivity index (χ0v) is 11.7. The highest BCUT2D eigenvalue weighted by atomic mass is 16.5. The molecule has 4 nitrogen and oxygen atoms in total. The van der Waals surface area contributed by atoms with E-state index in [4.69, 9.17) is 4.74 Å². The molecule has 0 aliphatic heterocycles. The van der Waals surface area contributed by atoms with Crippen molar-refractivity contribution < 1.29 is 4.74 Å². The zero-order chi connectivity index (χ0) is 12.9. The number of aryl methyl sites for hydroxylation is 1. The van der Waals surface area contributed by atoms with Crippen LogP contribution in [-0.4, -0.2) is 29.0 Å². The van der Waals surface area contributed by atoms with Crippen molar-refractivity contribution in [2.24, 2.45) is 0 Å². The monoisotopic (exact) mass is 239 g/mol. The summed E-state index contributed by atoms with van der Waals surface area (Å²) >= 11 is 0. The Hall–Kier alpha value is -0.870. The molecule has 1 unspecified atom stereocenters. The fourth-order valence-electron chi connectivity index (χ4n) is 2.29. The summed E-state index contributed by atoms with van der Waals surface area (Å²) in [5.74, 6) is 0. The van der Waals surface area contributed by atoms with Gasteiger partial charge in [0.25, 0.3) is 0 Å². The van der Waals surface area contributed by atoms with Gasteiger partial charge < -0.3 is 10.1 Å². The number of nitrogens with zero attached hydrogens (tertiary/aromatic N) is 2. The third-order valence-electron chi connectivity index (χ3n) is 2.98. The zero-order valence-electron chi connectivity index (χ0n) is 11.7. The molecule has 0 fully saturated rings. The van der Waals surface area contributed by atoms with Crippen molar-refractivity contribution in [3.8, 4) is 0 Å². The molecule has 0 aliphatic carbocycles. The smallest absolute Gasteiger partial charge is 0.0835 e. The third-order valence-corrected chi connectivity index (χ3v) is 2.98. The van der Waals surface area contributed by atoms with E-state index in [1.165, 1.54) is 5.69 Å². The van der Waals surface area contributed by atoms with Crippen molar-refractivity contribution in [1.29, 1.82) is 0 Å². The van der Waals surface area contributed by atoms with Crippen LogP contribution in [-0.2, 0) is 11.3 Å². The Labute approximate surface area is 104 Å². The number of likely N-dealkylation sites (N-methyl/N-ethyl adjacent to an activating group) is 1. The summed E-state index contributed by atoms with van der Waals surface area (Å²) in [6.07, 6.45) is 2.94. The van der Waals surface area contributed by atoms with Crippen LogP contribution in [0.4, 0.5) is 0 Å². The summed E-state index contributed by atoms with van der Waals surface area (Å²) in [6, 6.07) is 2.22. The normalized spacial score (nSPS) is 13.9. The van der Waals surface area contributed by atoms with Crippen LogP contribution in [0.5, 0.6) is 0 Å². The van der Waals surface area contributed by atoms with E-state index in [0.29, 0.717) is 6.61 Å². The van der Waals surface area contributed by atoms with Gasteiger partial charge in [-0.25, -0.2) is 0 Å². The molecule has 0 aromatic carbocycles. The molecule has 98 valence electrons. The van der Waals surface area contributed by atoms with Gasteiger partial charge in [0.05, 0.1) is 17.3 Å². The fourth-order valence-corrected chi connectivity index (χ4v) is 2.29. The van der Waals surface area contributed by atoms with E-state index >= 15 is 0 Å². The lowest BCUT2D eigenvalue weighted by Gasteiger charge is -2.34. The van der Waals surface area contributed by atoms with Crippen LogP contribution in [0.25, 0.3) is 0 Å². The van der Waals surface area contributed by atoms with Gasteiger partial charge in [-0.2, -0.15) is 5.10 Å². The molecular weight excluding hydrogens is 214 g/mol. The van der Waals surface area contributed by atoms with Gasteiger partial charge in [0.1, 0.15) is 0 Å². The van der Waals surface area contributed by atoms with E-state index in [1.54, 1.807) is 0 Å². The van der Waals surface area contributed by atoms with Gasteiger partial charge in [0.2, 0.25) is 0 Å². The van der Waals surface area contributed by atoms with Crippen LogP contribution in [0, 0.1) is 0 Å². The summed E-state index contributed by atoms with van der Waals surface area (Å²) in [5, 5.41) is 7.71. The number of hydrogen-bond acceptors (Lipinski definition) is 3. The molecule has 17 heavy (non-hydrogen) atoms. The van der Waals surface area contributed by atoms with E-state index in [0.717, 1.165) is 13.0 Å². The quantitative estimate of drug-likeness (QED) is 0.794. The molecule has 0 amide bonds. The van der Waals surface area contributed by atoms with Gasteiger partial charge >= 0.3 is 0 Å². The molecule has 0 saturated heterocycles. The predicted octanol–water partition coefficient (Wildman–Crippen LogP) is 2.37. The van der Waals surface area contributed by atoms with E-state index in [1.807, 2.05) is 20.2 Å². The summed E-state index contributed by atoms with van der Waals surface area (Å²) in [4.78, 5) is 0. The van der Waals surface area contributed by atoms with Gasteiger partial charge in [-0.15, -0.1) is 0 Å². The van der Waals surface area contributed by atoms with Crippen molar-refractivity contribution >= 4 is 0 Å². The van der Waals surface area contributed by atoms with Crippen molar-refractivity contribution in [2.75, 3.05) is 13.7 Å². The maximum Gasteiger partial charge on any atom is 0.0835 e. The topological polar surface area (TPSA) is 39.1 Å². The highest BCUT2D eigenvalue weighted by molar-refractivity contribution is 5.11. The summed E-state index contributed by atoms with van der Waals surface area (Å²) in [6.45, 7) is 10.1. The van der Waals surface area contributed by atoms with Gasteiger partial charge in [-0.05, 0) is 40.3 Å². The first-order valence-corrected chi connectivity index (χ1v) is 6.39.